The summed E-state index contributed by atoms with van der Waals surface area (Å²) in [4.78, 5) is 12.3. The lowest BCUT2D eigenvalue weighted by Gasteiger charge is -2.11. The summed E-state index contributed by atoms with van der Waals surface area (Å²) in [6.45, 7) is 2.16. The lowest BCUT2D eigenvalue weighted by Crippen LogP contribution is -2.25. The van der Waals surface area contributed by atoms with Crippen LogP contribution in [-0.2, 0) is 0 Å². The number of aliphatic hydroxyl groups is 1. The van der Waals surface area contributed by atoms with Gasteiger partial charge in [-0.15, -0.1) is 5.10 Å². The zero-order chi connectivity index (χ0) is 13.7. The van der Waals surface area contributed by atoms with E-state index in [9.17, 15) is 9.90 Å². The minimum Gasteiger partial charge on any atom is -0.388 e. The van der Waals surface area contributed by atoms with E-state index in [2.05, 4.69) is 14.9 Å². The van der Waals surface area contributed by atoms with Crippen molar-refractivity contribution in [2.24, 2.45) is 0 Å². The van der Waals surface area contributed by atoms with Crippen molar-refractivity contribution >= 4 is 17.4 Å². The van der Waals surface area contributed by atoms with Gasteiger partial charge < -0.3 is 10.4 Å². The van der Waals surface area contributed by atoms with Crippen molar-refractivity contribution in [1.82, 2.24) is 14.9 Å². The molecule has 5 nitrogen and oxygen atoms in total. The van der Waals surface area contributed by atoms with E-state index in [1.807, 2.05) is 30.3 Å². The molecule has 1 atom stereocenters. The number of aryl methyl sites for hydroxylation is 1. The van der Waals surface area contributed by atoms with Crippen molar-refractivity contribution in [2.75, 3.05) is 6.54 Å². The second kappa shape index (κ2) is 6.40. The number of aliphatic hydroxyl groups excluding tert-OH is 1. The summed E-state index contributed by atoms with van der Waals surface area (Å²) in [5.74, 6) is -0.187. The summed E-state index contributed by atoms with van der Waals surface area (Å²) < 4.78 is 3.72. The van der Waals surface area contributed by atoms with Crippen molar-refractivity contribution < 1.29 is 9.90 Å². The minimum absolute atomic E-state index is 0.187. The van der Waals surface area contributed by atoms with E-state index in [4.69, 9.17) is 0 Å². The summed E-state index contributed by atoms with van der Waals surface area (Å²) in [5.41, 5.74) is 1.48. The molecule has 0 aliphatic rings. The van der Waals surface area contributed by atoms with Gasteiger partial charge in [-0.05, 0) is 30.4 Å². The average molecular weight is 277 g/mol. The molecule has 0 radical (unpaired) electrons. The molecule has 0 aliphatic heterocycles. The molecule has 0 saturated heterocycles. The monoisotopic (exact) mass is 277 g/mol. The first kappa shape index (κ1) is 13.6. The molecule has 1 aromatic heterocycles. The van der Waals surface area contributed by atoms with Crippen molar-refractivity contribution in [3.05, 3.63) is 46.5 Å². The van der Waals surface area contributed by atoms with E-state index in [0.717, 1.165) is 17.1 Å². The topological polar surface area (TPSA) is 75.1 Å². The number of benzene rings is 1. The Morgan fingerprint density at radius 3 is 2.79 bits per heavy atom. The number of nitrogens with one attached hydrogen (secondary N) is 1. The Morgan fingerprint density at radius 1 is 1.42 bits per heavy atom. The number of carbonyl (C=O) groups excluding carboxylic acids is 1. The third-order valence-electron chi connectivity index (χ3n) is 2.75. The predicted octanol–water partition coefficient (Wildman–Crippen LogP) is 1.70. The third-order valence-corrected chi connectivity index (χ3v) is 3.57. The van der Waals surface area contributed by atoms with Crippen LogP contribution in [0.2, 0.25) is 0 Å². The molecule has 1 aromatic carbocycles. The van der Waals surface area contributed by atoms with E-state index in [1.165, 1.54) is 0 Å². The molecule has 0 bridgehead atoms. The highest BCUT2D eigenvalue weighted by atomic mass is 32.1. The van der Waals surface area contributed by atoms with Crippen molar-refractivity contribution in [1.29, 1.82) is 0 Å². The molecule has 0 fully saturated rings. The molecule has 6 heteroatoms. The van der Waals surface area contributed by atoms with Crippen LogP contribution >= 0.6 is 11.5 Å². The first-order valence-corrected chi connectivity index (χ1v) is 6.76. The summed E-state index contributed by atoms with van der Waals surface area (Å²) in [5, 5.41) is 16.5. The Balaban J connectivity index is 1.81. The van der Waals surface area contributed by atoms with Crippen molar-refractivity contribution in [3.8, 4) is 0 Å². The Labute approximate surface area is 115 Å². The molecule has 1 amide bonds. The summed E-state index contributed by atoms with van der Waals surface area (Å²) in [6.07, 6.45) is -0.0942. The van der Waals surface area contributed by atoms with Crippen LogP contribution in [0.25, 0.3) is 0 Å². The maximum absolute atomic E-state index is 11.8. The van der Waals surface area contributed by atoms with E-state index in [1.54, 1.807) is 6.92 Å². The summed E-state index contributed by atoms with van der Waals surface area (Å²) in [7, 11) is 0. The number of hydrogen-bond donors (Lipinski definition) is 2. The Morgan fingerprint density at radius 2 is 2.16 bits per heavy atom. The second-order valence-electron chi connectivity index (χ2n) is 4.16. The minimum atomic E-state index is -0.567. The Hall–Kier alpha value is -1.79. The molecular weight excluding hydrogens is 262 g/mol. The fraction of sp³-hybridized carbons (Fsp3) is 0.308. The SMILES string of the molecule is Cc1nnsc1C(=O)NCCC(O)c1ccccc1. The molecule has 2 rings (SSSR count). The quantitative estimate of drug-likeness (QED) is 0.872. The third kappa shape index (κ3) is 3.59. The normalized spacial score (nSPS) is 12.1. The number of carbonyl (C=O) groups is 1. The van der Waals surface area contributed by atoms with Gasteiger partial charge in [0.25, 0.3) is 5.91 Å². The lowest BCUT2D eigenvalue weighted by atomic mass is 10.1. The van der Waals surface area contributed by atoms with Gasteiger partial charge in [0.2, 0.25) is 0 Å². The van der Waals surface area contributed by atoms with Gasteiger partial charge >= 0.3 is 0 Å². The van der Waals surface area contributed by atoms with Gasteiger partial charge in [0.1, 0.15) is 4.88 Å². The fourth-order valence-corrected chi connectivity index (χ4v) is 2.26. The van der Waals surface area contributed by atoms with E-state index in [-0.39, 0.29) is 5.91 Å². The van der Waals surface area contributed by atoms with Gasteiger partial charge in [-0.2, -0.15) is 0 Å². The zero-order valence-electron chi connectivity index (χ0n) is 10.5. The molecule has 0 saturated carbocycles. The van der Waals surface area contributed by atoms with Gasteiger partial charge in [0, 0.05) is 6.54 Å². The summed E-state index contributed by atoms with van der Waals surface area (Å²) >= 11 is 1.08. The van der Waals surface area contributed by atoms with Gasteiger partial charge in [-0.1, -0.05) is 34.8 Å². The Bertz CT molecular complexity index is 542. The number of nitrogens with zero attached hydrogens (tertiary/aromatic N) is 2. The van der Waals surface area contributed by atoms with Crippen molar-refractivity contribution in [3.63, 3.8) is 0 Å². The fourth-order valence-electron chi connectivity index (χ4n) is 1.68. The Kier molecular flexibility index (Phi) is 4.59. The molecule has 0 aliphatic carbocycles. The van der Waals surface area contributed by atoms with Crippen LogP contribution in [0.15, 0.2) is 30.3 Å². The number of aromatic nitrogens is 2. The highest BCUT2D eigenvalue weighted by Gasteiger charge is 2.13. The van der Waals surface area contributed by atoms with Crippen LogP contribution in [0.4, 0.5) is 0 Å². The number of hydrogen-bond acceptors (Lipinski definition) is 5. The van der Waals surface area contributed by atoms with E-state index < -0.39 is 6.10 Å². The maximum atomic E-state index is 11.8. The molecule has 2 N–H and O–H groups in total. The number of amides is 1. The zero-order valence-corrected chi connectivity index (χ0v) is 11.4. The summed E-state index contributed by atoms with van der Waals surface area (Å²) in [6, 6.07) is 9.39. The predicted molar refractivity (Wildman–Crippen MR) is 73.0 cm³/mol. The molecule has 2 aromatic rings. The smallest absolute Gasteiger partial charge is 0.264 e. The van der Waals surface area contributed by atoms with Crippen molar-refractivity contribution in [2.45, 2.75) is 19.4 Å². The first-order valence-electron chi connectivity index (χ1n) is 5.98. The molecule has 100 valence electrons. The first-order chi connectivity index (χ1) is 9.18. The average Bonchev–Trinajstić information content (AvgIpc) is 2.86. The molecule has 0 spiro atoms. The number of rotatable bonds is 5. The van der Waals surface area contributed by atoms with Crippen LogP contribution in [0, 0.1) is 6.92 Å². The highest BCUT2D eigenvalue weighted by Crippen LogP contribution is 2.15. The molecular formula is C13H15N3O2S. The van der Waals surface area contributed by atoms with E-state index >= 15 is 0 Å². The maximum Gasteiger partial charge on any atom is 0.264 e. The molecule has 1 heterocycles. The van der Waals surface area contributed by atoms with Crippen LogP contribution < -0.4 is 5.32 Å². The van der Waals surface area contributed by atoms with Gasteiger partial charge in [0.05, 0.1) is 11.8 Å². The lowest BCUT2D eigenvalue weighted by molar-refractivity contribution is 0.0946. The van der Waals surface area contributed by atoms with E-state index in [0.29, 0.717) is 23.5 Å². The largest absolute Gasteiger partial charge is 0.388 e. The van der Waals surface area contributed by atoms with Gasteiger partial charge in [-0.3, -0.25) is 4.79 Å². The standard InChI is InChI=1S/C13H15N3O2S/c1-9-12(19-16-15-9)13(18)14-8-7-11(17)10-5-3-2-4-6-10/h2-6,11,17H,7-8H2,1H3,(H,14,18). The second-order valence-corrected chi connectivity index (χ2v) is 4.91. The molecule has 19 heavy (non-hydrogen) atoms. The van der Waals surface area contributed by atoms with Crippen LogP contribution in [0.1, 0.15) is 33.5 Å². The van der Waals surface area contributed by atoms with Gasteiger partial charge in [0.15, 0.2) is 0 Å². The van der Waals surface area contributed by atoms with Crippen LogP contribution in [0.5, 0.6) is 0 Å². The van der Waals surface area contributed by atoms with Gasteiger partial charge in [-0.25, -0.2) is 0 Å². The molecule has 1 unspecified atom stereocenters. The highest BCUT2D eigenvalue weighted by molar-refractivity contribution is 7.07. The van der Waals surface area contributed by atoms with Crippen LogP contribution in [0.3, 0.4) is 0 Å². The van der Waals surface area contributed by atoms with Crippen LogP contribution in [-0.4, -0.2) is 27.1 Å².